The lowest BCUT2D eigenvalue weighted by Gasteiger charge is -2.14. The second kappa shape index (κ2) is 12.0. The monoisotopic (exact) mass is 425 g/mol. The third-order valence-electron chi connectivity index (χ3n) is 4.56. The van der Waals surface area contributed by atoms with Gasteiger partial charge in [0.05, 0.1) is 39.8 Å². The molecular formula is C23H27N3O5. The molecule has 0 saturated carbocycles. The Balaban J connectivity index is 0.00000107. The van der Waals surface area contributed by atoms with Gasteiger partial charge in [-0.25, -0.2) is 0 Å². The van der Waals surface area contributed by atoms with Gasteiger partial charge in [0.15, 0.2) is 0 Å². The van der Waals surface area contributed by atoms with Crippen molar-refractivity contribution in [1.82, 2.24) is 9.97 Å². The van der Waals surface area contributed by atoms with Crippen LogP contribution < -0.4 is 24.7 Å². The molecular weight excluding hydrogens is 398 g/mol. The Bertz CT molecular complexity index is 918. The fourth-order valence-corrected chi connectivity index (χ4v) is 3.05. The Morgan fingerprint density at radius 2 is 1.13 bits per heavy atom. The molecule has 164 valence electrons. The molecule has 0 aliphatic carbocycles. The number of benzene rings is 2. The zero-order chi connectivity index (χ0) is 22.6. The minimum absolute atomic E-state index is 0.250. The van der Waals surface area contributed by atoms with E-state index < -0.39 is 0 Å². The number of amides is 1. The average Bonchev–Trinajstić information content (AvgIpc) is 2.81. The highest BCUT2D eigenvalue weighted by molar-refractivity contribution is 5.45. The van der Waals surface area contributed by atoms with Gasteiger partial charge in [0, 0.05) is 48.5 Å². The minimum atomic E-state index is 0.250. The van der Waals surface area contributed by atoms with Crippen LogP contribution in [0.4, 0.5) is 0 Å². The number of aromatic nitrogens is 2. The van der Waals surface area contributed by atoms with Crippen molar-refractivity contribution < 1.29 is 23.7 Å². The largest absolute Gasteiger partial charge is 0.497 e. The molecule has 31 heavy (non-hydrogen) atoms. The van der Waals surface area contributed by atoms with Crippen molar-refractivity contribution >= 4 is 6.41 Å². The summed E-state index contributed by atoms with van der Waals surface area (Å²) in [7, 11) is 6.57. The third-order valence-corrected chi connectivity index (χ3v) is 4.56. The van der Waals surface area contributed by atoms with Crippen molar-refractivity contribution in [3.63, 3.8) is 0 Å². The number of nitrogens with two attached hydrogens (primary N) is 1. The topological polar surface area (TPSA) is 106 Å². The van der Waals surface area contributed by atoms with Gasteiger partial charge in [-0.05, 0) is 12.1 Å². The van der Waals surface area contributed by atoms with Crippen LogP contribution in [0.25, 0.3) is 0 Å². The van der Waals surface area contributed by atoms with Gasteiger partial charge >= 0.3 is 0 Å². The van der Waals surface area contributed by atoms with Gasteiger partial charge in [-0.3, -0.25) is 14.8 Å². The first-order valence-corrected chi connectivity index (χ1v) is 9.46. The summed E-state index contributed by atoms with van der Waals surface area (Å²) in [5.41, 5.74) is 7.99. The van der Waals surface area contributed by atoms with Crippen molar-refractivity contribution in [2.24, 2.45) is 5.73 Å². The molecule has 1 amide bonds. The van der Waals surface area contributed by atoms with Crippen LogP contribution in [0.5, 0.6) is 23.0 Å². The number of ether oxygens (including phenoxy) is 4. The normalized spacial score (nSPS) is 9.81. The molecule has 2 N–H and O–H groups in total. The fourth-order valence-electron chi connectivity index (χ4n) is 3.05. The van der Waals surface area contributed by atoms with E-state index in [2.05, 4.69) is 15.7 Å². The molecule has 8 nitrogen and oxygen atoms in total. The molecule has 8 heteroatoms. The van der Waals surface area contributed by atoms with E-state index in [1.807, 2.05) is 36.4 Å². The zero-order valence-electron chi connectivity index (χ0n) is 18.1. The van der Waals surface area contributed by atoms with Crippen molar-refractivity contribution in [3.05, 3.63) is 71.3 Å². The zero-order valence-corrected chi connectivity index (χ0v) is 18.1. The molecule has 1 aromatic heterocycles. The number of carbonyl (C=O) groups is 1. The van der Waals surface area contributed by atoms with E-state index >= 15 is 0 Å². The summed E-state index contributed by atoms with van der Waals surface area (Å²) in [4.78, 5) is 17.7. The van der Waals surface area contributed by atoms with Crippen LogP contribution in [0.3, 0.4) is 0 Å². The Hall–Kier alpha value is -3.81. The second-order valence-corrected chi connectivity index (χ2v) is 6.29. The number of methoxy groups -OCH3 is 4. The Morgan fingerprint density at radius 1 is 0.742 bits per heavy atom. The quantitative estimate of drug-likeness (QED) is 0.553. The van der Waals surface area contributed by atoms with Gasteiger partial charge in [0.25, 0.3) is 0 Å². The summed E-state index contributed by atoms with van der Waals surface area (Å²) in [5.74, 6) is 3.03. The smallest absolute Gasteiger partial charge is 0.204 e. The van der Waals surface area contributed by atoms with E-state index in [0.717, 1.165) is 45.5 Å². The van der Waals surface area contributed by atoms with Crippen LogP contribution in [-0.2, 0) is 17.6 Å². The van der Waals surface area contributed by atoms with Crippen molar-refractivity contribution in [3.8, 4) is 23.0 Å². The number of nitrogens with zero attached hydrogens (tertiary/aromatic N) is 2. The van der Waals surface area contributed by atoms with Gasteiger partial charge in [-0.15, -0.1) is 0 Å². The van der Waals surface area contributed by atoms with E-state index in [4.69, 9.17) is 23.7 Å². The van der Waals surface area contributed by atoms with Crippen LogP contribution >= 0.6 is 0 Å². The molecule has 0 aliphatic heterocycles. The van der Waals surface area contributed by atoms with Crippen LogP contribution in [0.15, 0.2) is 48.8 Å². The van der Waals surface area contributed by atoms with Gasteiger partial charge in [-0.2, -0.15) is 0 Å². The van der Waals surface area contributed by atoms with Crippen molar-refractivity contribution in [2.45, 2.75) is 12.8 Å². The summed E-state index contributed by atoms with van der Waals surface area (Å²) in [6.07, 6.45) is 4.88. The highest BCUT2D eigenvalue weighted by Crippen LogP contribution is 2.29. The van der Waals surface area contributed by atoms with E-state index in [-0.39, 0.29) is 6.41 Å². The lowest BCUT2D eigenvalue weighted by Crippen LogP contribution is -2.05. The molecule has 0 fully saturated rings. The van der Waals surface area contributed by atoms with E-state index in [1.54, 1.807) is 40.8 Å². The summed E-state index contributed by atoms with van der Waals surface area (Å²) in [6.45, 7) is 0. The molecule has 0 saturated heterocycles. The van der Waals surface area contributed by atoms with Crippen LogP contribution in [-0.4, -0.2) is 44.8 Å². The molecule has 0 bridgehead atoms. The Morgan fingerprint density at radius 3 is 1.45 bits per heavy atom. The van der Waals surface area contributed by atoms with Crippen molar-refractivity contribution in [2.75, 3.05) is 28.4 Å². The number of hydrogen-bond donors (Lipinski definition) is 1. The third kappa shape index (κ3) is 6.33. The van der Waals surface area contributed by atoms with Gasteiger partial charge in [-0.1, -0.05) is 12.1 Å². The maximum absolute atomic E-state index is 8.58. The average molecular weight is 425 g/mol. The number of primary amides is 1. The molecule has 0 unspecified atom stereocenters. The molecule has 1 heterocycles. The highest BCUT2D eigenvalue weighted by atomic mass is 16.5. The first-order valence-electron chi connectivity index (χ1n) is 9.46. The van der Waals surface area contributed by atoms with Gasteiger partial charge < -0.3 is 24.7 Å². The van der Waals surface area contributed by atoms with Gasteiger partial charge in [0.1, 0.15) is 23.0 Å². The molecule has 0 radical (unpaired) electrons. The second-order valence-electron chi connectivity index (χ2n) is 6.29. The summed E-state index contributed by atoms with van der Waals surface area (Å²) in [6, 6.07) is 11.6. The van der Waals surface area contributed by atoms with Crippen LogP contribution in [0.2, 0.25) is 0 Å². The molecule has 0 atom stereocenters. The number of rotatable bonds is 8. The van der Waals surface area contributed by atoms with E-state index in [0.29, 0.717) is 12.8 Å². The summed E-state index contributed by atoms with van der Waals surface area (Å²) in [5, 5.41) is 0. The Kier molecular flexibility index (Phi) is 9.10. The molecule has 3 rings (SSSR count). The minimum Gasteiger partial charge on any atom is -0.497 e. The van der Waals surface area contributed by atoms with Gasteiger partial charge in [0.2, 0.25) is 6.41 Å². The first kappa shape index (κ1) is 23.5. The lowest BCUT2D eigenvalue weighted by molar-refractivity contribution is -0.106. The standard InChI is InChI=1S/C22H24N2O4.CH3NO/c1-25-17-7-5-15(21(13-17)27-3)11-19-20(24-10-9-23-19)12-16-6-8-18(26-2)14-22(16)28-4;2-1-3/h5-10,13-14H,11-12H2,1-4H3;1H,(H2,2,3). The summed E-state index contributed by atoms with van der Waals surface area (Å²) >= 11 is 0. The highest BCUT2D eigenvalue weighted by Gasteiger charge is 2.14. The fraction of sp³-hybridized carbons (Fsp3) is 0.261. The Labute approximate surface area is 182 Å². The molecule has 3 aromatic rings. The van der Waals surface area contributed by atoms with E-state index in [1.165, 1.54) is 0 Å². The van der Waals surface area contributed by atoms with Crippen molar-refractivity contribution in [1.29, 1.82) is 0 Å². The lowest BCUT2D eigenvalue weighted by atomic mass is 10.0. The molecule has 2 aromatic carbocycles. The maximum Gasteiger partial charge on any atom is 0.204 e. The van der Waals surface area contributed by atoms with E-state index in [9.17, 15) is 0 Å². The maximum atomic E-state index is 8.58. The predicted octanol–water partition coefficient (Wildman–Crippen LogP) is 2.79. The van der Waals surface area contributed by atoms with Crippen LogP contribution in [0.1, 0.15) is 22.5 Å². The molecule has 0 aliphatic rings. The summed E-state index contributed by atoms with van der Waals surface area (Å²) < 4.78 is 21.6. The van der Waals surface area contributed by atoms with Crippen LogP contribution in [0, 0.1) is 0 Å². The first-order chi connectivity index (χ1) is 15.1. The number of carbonyl (C=O) groups excluding carboxylic acids is 1. The SMILES string of the molecule is COc1ccc(Cc2nccnc2Cc2ccc(OC)cc2OC)c(OC)c1.NC=O. The molecule has 0 spiro atoms. The predicted molar refractivity (Wildman–Crippen MR) is 117 cm³/mol. The number of hydrogen-bond acceptors (Lipinski definition) is 7.